The number of nitrogens with two attached hydrogens (primary N) is 1. The highest BCUT2D eigenvalue weighted by Gasteiger charge is 2.15. The molecule has 0 saturated heterocycles. The fourth-order valence-corrected chi connectivity index (χ4v) is 3.14. The van der Waals surface area contributed by atoms with Gasteiger partial charge >= 0.3 is 0 Å². The molecule has 0 saturated carbocycles. The van der Waals surface area contributed by atoms with Crippen LogP contribution in [0.4, 0.5) is 14.5 Å². The maximum Gasteiger partial charge on any atom is 0.130 e. The zero-order valence-electron chi connectivity index (χ0n) is 10.3. The molecule has 2 rings (SSSR count). The second kappa shape index (κ2) is 5.48. The Morgan fingerprint density at radius 1 is 1.11 bits per heavy atom. The Hall–Kier alpha value is -1.75. The van der Waals surface area contributed by atoms with Crippen molar-refractivity contribution < 1.29 is 13.0 Å². The summed E-state index contributed by atoms with van der Waals surface area (Å²) in [5.74, 6) is -1.58. The van der Waals surface area contributed by atoms with Crippen molar-refractivity contribution in [3.63, 3.8) is 0 Å². The Morgan fingerprint density at radius 3 is 2.32 bits per heavy atom. The van der Waals surface area contributed by atoms with E-state index in [-0.39, 0.29) is 11.3 Å². The van der Waals surface area contributed by atoms with Crippen molar-refractivity contribution in [2.45, 2.75) is 17.6 Å². The number of anilines is 1. The van der Waals surface area contributed by atoms with E-state index < -0.39 is 22.4 Å². The van der Waals surface area contributed by atoms with E-state index in [2.05, 4.69) is 0 Å². The van der Waals surface area contributed by atoms with E-state index in [0.29, 0.717) is 16.1 Å². The van der Waals surface area contributed by atoms with E-state index in [0.717, 1.165) is 12.1 Å². The predicted octanol–water partition coefficient (Wildman–Crippen LogP) is 3.16. The average Bonchev–Trinajstić information content (AvgIpc) is 2.37. The van der Waals surface area contributed by atoms with Gasteiger partial charge in [0.05, 0.1) is 16.6 Å². The largest absolute Gasteiger partial charge is 0.398 e. The number of halogens is 2. The molecule has 0 aromatic heterocycles. The maximum absolute atomic E-state index is 13.5. The van der Waals surface area contributed by atoms with Gasteiger partial charge in [0.25, 0.3) is 0 Å². The summed E-state index contributed by atoms with van der Waals surface area (Å²) < 4.78 is 39.2. The summed E-state index contributed by atoms with van der Waals surface area (Å²) in [6.45, 7) is 1.74. The van der Waals surface area contributed by atoms with Crippen molar-refractivity contribution in [3.8, 4) is 0 Å². The molecule has 2 aromatic carbocycles. The third kappa shape index (κ3) is 2.81. The van der Waals surface area contributed by atoms with Gasteiger partial charge in [0.1, 0.15) is 11.6 Å². The van der Waals surface area contributed by atoms with Crippen molar-refractivity contribution in [2.24, 2.45) is 0 Å². The van der Waals surface area contributed by atoms with Gasteiger partial charge in [-0.2, -0.15) is 0 Å². The number of hydrogen-bond acceptors (Lipinski definition) is 2. The van der Waals surface area contributed by atoms with E-state index >= 15 is 0 Å². The number of nitrogen functional groups attached to an aromatic ring is 1. The quantitative estimate of drug-likeness (QED) is 0.878. The molecule has 1 unspecified atom stereocenters. The van der Waals surface area contributed by atoms with Crippen LogP contribution >= 0.6 is 0 Å². The lowest BCUT2D eigenvalue weighted by Gasteiger charge is -2.09. The fourth-order valence-electron chi connectivity index (χ4n) is 1.76. The lowest BCUT2D eigenvalue weighted by atomic mass is 10.2. The molecular weight excluding hydrogens is 268 g/mol. The third-order valence-electron chi connectivity index (χ3n) is 2.91. The minimum absolute atomic E-state index is 0.164. The minimum Gasteiger partial charge on any atom is -0.398 e. The maximum atomic E-state index is 13.5. The molecule has 0 aliphatic carbocycles. The lowest BCUT2D eigenvalue weighted by molar-refractivity contribution is 0.564. The monoisotopic (exact) mass is 281 g/mol. The molecule has 0 fully saturated rings. The molecule has 2 nitrogen and oxygen atoms in total. The molecule has 2 N–H and O–H groups in total. The summed E-state index contributed by atoms with van der Waals surface area (Å²) in [6.07, 6.45) is 0. The topological polar surface area (TPSA) is 43.1 Å². The van der Waals surface area contributed by atoms with Gasteiger partial charge in [-0.05, 0) is 36.8 Å². The highest BCUT2D eigenvalue weighted by Crippen LogP contribution is 2.23. The summed E-state index contributed by atoms with van der Waals surface area (Å²) in [6, 6.07) is 8.61. The Bertz CT molecular complexity index is 623. The van der Waals surface area contributed by atoms with Gasteiger partial charge in [-0.3, -0.25) is 4.21 Å². The molecule has 100 valence electrons. The minimum atomic E-state index is -1.54. The predicted molar refractivity (Wildman–Crippen MR) is 72.1 cm³/mol. The second-order valence-electron chi connectivity index (χ2n) is 4.16. The molecule has 0 bridgehead atoms. The second-order valence-corrected chi connectivity index (χ2v) is 5.58. The van der Waals surface area contributed by atoms with Crippen LogP contribution in [0.2, 0.25) is 0 Å². The molecule has 0 heterocycles. The number of benzene rings is 2. The molecule has 19 heavy (non-hydrogen) atoms. The summed E-state index contributed by atoms with van der Waals surface area (Å²) in [5.41, 5.74) is 6.76. The van der Waals surface area contributed by atoms with Crippen LogP contribution in [0.1, 0.15) is 11.1 Å². The lowest BCUT2D eigenvalue weighted by Crippen LogP contribution is -2.04. The van der Waals surface area contributed by atoms with Gasteiger partial charge in [-0.25, -0.2) is 8.78 Å². The zero-order chi connectivity index (χ0) is 14.0. The van der Waals surface area contributed by atoms with E-state index in [1.54, 1.807) is 25.1 Å². The van der Waals surface area contributed by atoms with Crippen LogP contribution < -0.4 is 5.73 Å². The number of rotatable bonds is 3. The van der Waals surface area contributed by atoms with Crippen molar-refractivity contribution in [1.82, 2.24) is 0 Å². The van der Waals surface area contributed by atoms with E-state index in [1.807, 2.05) is 0 Å². The van der Waals surface area contributed by atoms with Gasteiger partial charge in [0.2, 0.25) is 0 Å². The van der Waals surface area contributed by atoms with Crippen molar-refractivity contribution in [1.29, 1.82) is 0 Å². The fraction of sp³-hybridized carbons (Fsp3) is 0.143. The SMILES string of the molecule is Cc1c(N)cccc1S(=O)Cc1c(F)cccc1F. The first-order valence-corrected chi connectivity index (χ1v) is 6.99. The van der Waals surface area contributed by atoms with Crippen LogP contribution in [0.5, 0.6) is 0 Å². The molecule has 5 heteroatoms. The van der Waals surface area contributed by atoms with Crippen molar-refractivity contribution in [2.75, 3.05) is 5.73 Å². The van der Waals surface area contributed by atoms with Crippen molar-refractivity contribution in [3.05, 3.63) is 59.2 Å². The smallest absolute Gasteiger partial charge is 0.130 e. The average molecular weight is 281 g/mol. The van der Waals surface area contributed by atoms with Crippen LogP contribution in [-0.4, -0.2) is 4.21 Å². The van der Waals surface area contributed by atoms with Gasteiger partial charge in [0.15, 0.2) is 0 Å². The van der Waals surface area contributed by atoms with Crippen LogP contribution in [0.25, 0.3) is 0 Å². The molecule has 2 aromatic rings. The Kier molecular flexibility index (Phi) is 3.95. The van der Waals surface area contributed by atoms with E-state index in [9.17, 15) is 13.0 Å². The first-order chi connectivity index (χ1) is 9.00. The first kappa shape index (κ1) is 13.7. The normalized spacial score (nSPS) is 12.4. The van der Waals surface area contributed by atoms with Crippen LogP contribution in [0.15, 0.2) is 41.3 Å². The van der Waals surface area contributed by atoms with Gasteiger partial charge in [0, 0.05) is 16.1 Å². The third-order valence-corrected chi connectivity index (χ3v) is 4.39. The van der Waals surface area contributed by atoms with Crippen molar-refractivity contribution >= 4 is 16.5 Å². The highest BCUT2D eigenvalue weighted by atomic mass is 32.2. The molecule has 0 radical (unpaired) electrons. The molecule has 1 atom stereocenters. The molecular formula is C14H13F2NOS. The number of hydrogen-bond donors (Lipinski definition) is 1. The summed E-state index contributed by atoms with van der Waals surface area (Å²) in [7, 11) is -1.54. The van der Waals surface area contributed by atoms with E-state index in [4.69, 9.17) is 5.73 Å². The Labute approximate surface area is 112 Å². The summed E-state index contributed by atoms with van der Waals surface area (Å²) in [4.78, 5) is 0.502. The molecule has 0 spiro atoms. The van der Waals surface area contributed by atoms with E-state index in [1.165, 1.54) is 6.07 Å². The Balaban J connectivity index is 2.34. The standard InChI is InChI=1S/C14H13F2NOS/c1-9-13(17)6-3-7-14(9)19(18)8-10-11(15)4-2-5-12(10)16/h2-7H,8,17H2,1H3. The van der Waals surface area contributed by atoms with Gasteiger partial charge in [-0.1, -0.05) is 12.1 Å². The molecule has 0 amide bonds. The van der Waals surface area contributed by atoms with Crippen LogP contribution in [0, 0.1) is 18.6 Å². The summed E-state index contributed by atoms with van der Waals surface area (Å²) in [5, 5.41) is 0. The highest BCUT2D eigenvalue weighted by molar-refractivity contribution is 7.84. The van der Waals surface area contributed by atoms with Gasteiger partial charge < -0.3 is 5.73 Å². The zero-order valence-corrected chi connectivity index (χ0v) is 11.1. The van der Waals surface area contributed by atoms with Crippen LogP contribution in [-0.2, 0) is 16.6 Å². The Morgan fingerprint density at radius 2 is 1.68 bits per heavy atom. The first-order valence-electron chi connectivity index (χ1n) is 5.67. The van der Waals surface area contributed by atoms with Gasteiger partial charge in [-0.15, -0.1) is 0 Å². The molecule has 0 aliphatic heterocycles. The molecule has 0 aliphatic rings. The van der Waals surface area contributed by atoms with Crippen LogP contribution in [0.3, 0.4) is 0 Å². The summed E-state index contributed by atoms with van der Waals surface area (Å²) >= 11 is 0.